The van der Waals surface area contributed by atoms with E-state index in [2.05, 4.69) is 4.98 Å². The van der Waals surface area contributed by atoms with Crippen LogP contribution < -0.4 is 10.3 Å². The van der Waals surface area contributed by atoms with Crippen molar-refractivity contribution in [3.05, 3.63) is 76.6 Å². The number of aromatic amines is 1. The Labute approximate surface area is 185 Å². The molecule has 0 radical (unpaired) electrons. The molecule has 0 aliphatic heterocycles. The molecule has 0 atom stereocenters. The number of halogens is 4. The molecular formula is C22H16F4N2O4S. The second-order valence-electron chi connectivity index (χ2n) is 7.40. The number of alkyl halides is 3. The van der Waals surface area contributed by atoms with Gasteiger partial charge in [-0.15, -0.1) is 0 Å². The van der Waals surface area contributed by atoms with E-state index in [1.807, 2.05) is 0 Å². The third kappa shape index (κ3) is 4.23. The maximum Gasteiger partial charge on any atom is 0.416 e. The molecule has 2 aromatic heterocycles. The third-order valence-corrected chi connectivity index (χ3v) is 6.15. The van der Waals surface area contributed by atoms with Crippen molar-refractivity contribution in [2.45, 2.75) is 11.1 Å². The lowest BCUT2D eigenvalue weighted by atomic mass is 10.0. The lowest BCUT2D eigenvalue weighted by Gasteiger charge is -2.16. The number of sulfone groups is 1. The molecule has 2 heterocycles. The number of hydrogen-bond donors (Lipinski definition) is 1. The monoisotopic (exact) mass is 480 g/mol. The summed E-state index contributed by atoms with van der Waals surface area (Å²) in [6.45, 7) is 0. The molecule has 0 saturated heterocycles. The minimum atomic E-state index is -4.72. The zero-order chi connectivity index (χ0) is 24.1. The van der Waals surface area contributed by atoms with Gasteiger partial charge in [0.15, 0.2) is 21.4 Å². The van der Waals surface area contributed by atoms with Crippen LogP contribution in [0.3, 0.4) is 0 Å². The van der Waals surface area contributed by atoms with Crippen molar-refractivity contribution in [1.82, 2.24) is 9.55 Å². The van der Waals surface area contributed by atoms with E-state index in [1.165, 1.54) is 42.2 Å². The minimum Gasteiger partial charge on any atom is -0.454 e. The Morgan fingerprint density at radius 2 is 1.73 bits per heavy atom. The summed E-state index contributed by atoms with van der Waals surface area (Å²) in [4.78, 5) is 15.1. The van der Waals surface area contributed by atoms with Gasteiger partial charge in [-0.3, -0.25) is 4.79 Å². The maximum absolute atomic E-state index is 14.3. The molecule has 172 valence electrons. The lowest BCUT2D eigenvalue weighted by Crippen LogP contribution is -2.16. The fraction of sp³-hybridized carbons (Fsp3) is 0.136. The number of nitrogens with zero attached hydrogens (tertiary/aromatic N) is 1. The Morgan fingerprint density at radius 3 is 2.39 bits per heavy atom. The highest BCUT2D eigenvalue weighted by Gasteiger charge is 2.31. The van der Waals surface area contributed by atoms with Crippen molar-refractivity contribution in [2.24, 2.45) is 7.05 Å². The average Bonchev–Trinajstić information content (AvgIpc) is 3.21. The summed E-state index contributed by atoms with van der Waals surface area (Å²) in [5.74, 6) is -1.82. The van der Waals surface area contributed by atoms with Crippen molar-refractivity contribution in [1.29, 1.82) is 0 Å². The molecule has 0 spiro atoms. The molecule has 0 unspecified atom stereocenters. The summed E-state index contributed by atoms with van der Waals surface area (Å²) in [5, 5.41) is 0.429. The molecule has 4 aromatic rings. The normalized spacial score (nSPS) is 12.3. The summed E-state index contributed by atoms with van der Waals surface area (Å²) in [5.41, 5.74) is -0.708. The van der Waals surface area contributed by atoms with Crippen molar-refractivity contribution < 1.29 is 30.7 Å². The fourth-order valence-electron chi connectivity index (χ4n) is 3.40. The molecule has 33 heavy (non-hydrogen) atoms. The standard InChI is InChI=1S/C22H16F4N2O4S/c1-28-11-16(14-7-8-27-20(14)21(28)29)15-10-13(33(2,30)31)4-6-18(15)32-19-9-12(22(24,25)26)3-5-17(19)23/h3-11,27H,1-2H3. The van der Waals surface area contributed by atoms with Crippen LogP contribution in [0, 0.1) is 5.82 Å². The van der Waals surface area contributed by atoms with Crippen molar-refractivity contribution in [3.8, 4) is 22.6 Å². The summed E-state index contributed by atoms with van der Waals surface area (Å²) in [7, 11) is -2.18. The molecule has 0 fully saturated rings. The smallest absolute Gasteiger partial charge is 0.416 e. The first-order valence-electron chi connectivity index (χ1n) is 9.42. The second kappa shape index (κ2) is 7.77. The SMILES string of the molecule is Cn1cc(-c2cc(S(C)(=O)=O)ccc2Oc2cc(C(F)(F)F)ccc2F)c2cc[nH]c2c1=O. The fourth-order valence-corrected chi connectivity index (χ4v) is 4.05. The van der Waals surface area contributed by atoms with Crippen LogP contribution in [0.15, 0.2) is 64.5 Å². The van der Waals surface area contributed by atoms with Crippen LogP contribution in [0.2, 0.25) is 0 Å². The van der Waals surface area contributed by atoms with Crippen LogP contribution in [0.1, 0.15) is 5.56 Å². The second-order valence-corrected chi connectivity index (χ2v) is 9.42. The number of pyridine rings is 1. The number of aromatic nitrogens is 2. The lowest BCUT2D eigenvalue weighted by molar-refractivity contribution is -0.137. The number of rotatable bonds is 4. The van der Waals surface area contributed by atoms with Crippen LogP contribution in [0.25, 0.3) is 22.0 Å². The molecule has 2 aromatic carbocycles. The molecule has 4 rings (SSSR count). The molecule has 0 aliphatic rings. The maximum atomic E-state index is 14.3. The van der Waals surface area contributed by atoms with Gasteiger partial charge in [-0.2, -0.15) is 13.2 Å². The summed E-state index contributed by atoms with van der Waals surface area (Å²) in [6.07, 6.45) is -0.770. The van der Waals surface area contributed by atoms with Gasteiger partial charge in [0, 0.05) is 42.2 Å². The van der Waals surface area contributed by atoms with Gasteiger partial charge in [-0.25, -0.2) is 12.8 Å². The first-order chi connectivity index (χ1) is 15.4. The molecule has 1 N–H and O–H groups in total. The van der Waals surface area contributed by atoms with Gasteiger partial charge in [0.25, 0.3) is 5.56 Å². The Bertz CT molecular complexity index is 1550. The quantitative estimate of drug-likeness (QED) is 0.422. The van der Waals surface area contributed by atoms with Gasteiger partial charge < -0.3 is 14.3 Å². The van der Waals surface area contributed by atoms with Crippen molar-refractivity contribution in [3.63, 3.8) is 0 Å². The van der Waals surface area contributed by atoms with Gasteiger partial charge in [0.2, 0.25) is 0 Å². The van der Waals surface area contributed by atoms with E-state index in [-0.39, 0.29) is 27.3 Å². The third-order valence-electron chi connectivity index (χ3n) is 5.04. The Balaban J connectivity index is 1.97. The topological polar surface area (TPSA) is 81.2 Å². The van der Waals surface area contributed by atoms with Crippen LogP contribution in [-0.4, -0.2) is 24.2 Å². The van der Waals surface area contributed by atoms with Gasteiger partial charge in [0.1, 0.15) is 11.3 Å². The van der Waals surface area contributed by atoms with Crippen LogP contribution >= 0.6 is 0 Å². The number of benzene rings is 2. The van der Waals surface area contributed by atoms with Crippen molar-refractivity contribution in [2.75, 3.05) is 6.26 Å². The van der Waals surface area contributed by atoms with E-state index in [0.29, 0.717) is 29.1 Å². The predicted octanol–water partition coefficient (Wildman–Crippen LogP) is 4.89. The molecule has 0 saturated carbocycles. The molecule has 0 aliphatic carbocycles. The van der Waals surface area contributed by atoms with Crippen molar-refractivity contribution >= 4 is 20.7 Å². The van der Waals surface area contributed by atoms with Gasteiger partial charge >= 0.3 is 6.18 Å². The minimum absolute atomic E-state index is 0.0908. The molecular weight excluding hydrogens is 464 g/mol. The molecule has 6 nitrogen and oxygen atoms in total. The van der Waals surface area contributed by atoms with E-state index in [1.54, 1.807) is 6.07 Å². The number of fused-ring (bicyclic) bond motifs is 1. The first kappa shape index (κ1) is 22.6. The predicted molar refractivity (Wildman–Crippen MR) is 114 cm³/mol. The molecule has 11 heteroatoms. The van der Waals surface area contributed by atoms with E-state index in [4.69, 9.17) is 4.74 Å². The van der Waals surface area contributed by atoms with Crippen LogP contribution in [0.4, 0.5) is 17.6 Å². The highest BCUT2D eigenvalue weighted by molar-refractivity contribution is 7.90. The average molecular weight is 480 g/mol. The van der Waals surface area contributed by atoms with E-state index in [9.17, 15) is 30.8 Å². The first-order valence-corrected chi connectivity index (χ1v) is 11.3. The number of H-pyrrole nitrogens is 1. The zero-order valence-electron chi connectivity index (χ0n) is 17.2. The van der Waals surface area contributed by atoms with Crippen LogP contribution in [-0.2, 0) is 23.1 Å². The molecule has 0 bridgehead atoms. The van der Waals surface area contributed by atoms with E-state index >= 15 is 0 Å². The highest BCUT2D eigenvalue weighted by Crippen LogP contribution is 2.40. The number of nitrogens with one attached hydrogen (secondary N) is 1. The van der Waals surface area contributed by atoms with Gasteiger partial charge in [-0.1, -0.05) is 0 Å². The number of aryl methyl sites for hydroxylation is 1. The van der Waals surface area contributed by atoms with Gasteiger partial charge in [-0.05, 0) is 42.5 Å². The largest absolute Gasteiger partial charge is 0.454 e. The Morgan fingerprint density at radius 1 is 1.00 bits per heavy atom. The Kier molecular flexibility index (Phi) is 5.32. The summed E-state index contributed by atoms with van der Waals surface area (Å²) < 4.78 is 84.7. The number of hydrogen-bond acceptors (Lipinski definition) is 4. The highest BCUT2D eigenvalue weighted by atomic mass is 32.2. The zero-order valence-corrected chi connectivity index (χ0v) is 18.0. The van der Waals surface area contributed by atoms with Gasteiger partial charge in [0.05, 0.1) is 10.5 Å². The Hall–Kier alpha value is -3.60. The van der Waals surface area contributed by atoms with Crippen LogP contribution in [0.5, 0.6) is 11.5 Å². The molecule has 0 amide bonds. The van der Waals surface area contributed by atoms with E-state index < -0.39 is 33.1 Å². The number of ether oxygens (including phenoxy) is 1. The van der Waals surface area contributed by atoms with E-state index in [0.717, 1.165) is 6.26 Å². The summed E-state index contributed by atoms with van der Waals surface area (Å²) >= 11 is 0. The summed E-state index contributed by atoms with van der Waals surface area (Å²) in [6, 6.07) is 7.04.